The minimum Gasteiger partial charge on any atom is -0.370 e. The van der Waals surface area contributed by atoms with Crippen LogP contribution in [0.15, 0.2) is 22.7 Å². The molecule has 3 atom stereocenters. The van der Waals surface area contributed by atoms with Crippen LogP contribution in [0.5, 0.6) is 0 Å². The third-order valence-corrected chi connectivity index (χ3v) is 6.87. The Morgan fingerprint density at radius 1 is 1.20 bits per heavy atom. The van der Waals surface area contributed by atoms with Crippen LogP contribution >= 0.6 is 11.6 Å². The van der Waals surface area contributed by atoms with Crippen molar-refractivity contribution in [2.45, 2.75) is 33.2 Å². The number of likely N-dealkylation sites (tertiary alicyclic amines) is 2. The van der Waals surface area contributed by atoms with Crippen LogP contribution in [0.3, 0.4) is 0 Å². The highest BCUT2D eigenvalue weighted by molar-refractivity contribution is 6.31. The molecule has 2 amide bonds. The minimum atomic E-state index is -0.330. The summed E-state index contributed by atoms with van der Waals surface area (Å²) < 4.78 is 5.16. The van der Waals surface area contributed by atoms with Crippen molar-refractivity contribution in [3.05, 3.63) is 51.4 Å². The molecule has 2 N–H and O–H groups in total. The van der Waals surface area contributed by atoms with Crippen molar-refractivity contribution in [1.82, 2.24) is 15.0 Å². The van der Waals surface area contributed by atoms with Crippen molar-refractivity contribution >= 4 is 23.4 Å². The second-order valence-corrected chi connectivity index (χ2v) is 8.99. The molecule has 0 bridgehead atoms. The SMILES string of the molecule is Cc1ccc(C(CC(N)=O)N2CC3CN(C(=O)c4c(C)noc4C)CC3C2)cc1Cl. The predicted octanol–water partition coefficient (Wildman–Crippen LogP) is 2.87. The molecule has 4 rings (SSSR count). The number of fused-ring (bicyclic) bond motifs is 1. The third kappa shape index (κ3) is 3.84. The zero-order valence-electron chi connectivity index (χ0n) is 17.5. The van der Waals surface area contributed by atoms with Gasteiger partial charge in [0, 0.05) is 43.7 Å². The molecule has 160 valence electrons. The maximum absolute atomic E-state index is 13.0. The number of aromatic nitrogens is 1. The Morgan fingerprint density at radius 3 is 2.40 bits per heavy atom. The molecule has 2 fully saturated rings. The Morgan fingerprint density at radius 2 is 1.87 bits per heavy atom. The molecule has 2 aliphatic heterocycles. The summed E-state index contributed by atoms with van der Waals surface area (Å²) in [5, 5.41) is 4.60. The summed E-state index contributed by atoms with van der Waals surface area (Å²) in [6, 6.07) is 5.84. The molecule has 3 unspecified atom stereocenters. The summed E-state index contributed by atoms with van der Waals surface area (Å²) in [6.07, 6.45) is 0.251. The van der Waals surface area contributed by atoms with Crippen LogP contribution in [-0.4, -0.2) is 52.9 Å². The van der Waals surface area contributed by atoms with Crippen LogP contribution in [0.4, 0.5) is 0 Å². The Kier molecular flexibility index (Phi) is 5.59. The van der Waals surface area contributed by atoms with E-state index in [9.17, 15) is 9.59 Å². The number of primary amides is 1. The Hall–Kier alpha value is -2.38. The Bertz CT molecular complexity index is 955. The molecular weight excluding hydrogens is 404 g/mol. The molecule has 7 nitrogen and oxygen atoms in total. The summed E-state index contributed by atoms with van der Waals surface area (Å²) >= 11 is 6.33. The van der Waals surface area contributed by atoms with E-state index in [1.54, 1.807) is 13.8 Å². The summed E-state index contributed by atoms with van der Waals surface area (Å²) in [5.41, 5.74) is 8.78. The second-order valence-electron chi connectivity index (χ2n) is 8.58. The number of carbonyl (C=O) groups is 2. The van der Waals surface area contributed by atoms with Crippen LogP contribution < -0.4 is 5.73 Å². The first-order valence-corrected chi connectivity index (χ1v) is 10.6. The molecule has 0 aliphatic carbocycles. The smallest absolute Gasteiger partial charge is 0.259 e. The lowest BCUT2D eigenvalue weighted by Crippen LogP contribution is -2.36. The molecule has 8 heteroatoms. The highest BCUT2D eigenvalue weighted by Crippen LogP contribution is 2.38. The lowest BCUT2D eigenvalue weighted by molar-refractivity contribution is -0.119. The van der Waals surface area contributed by atoms with Crippen LogP contribution in [0, 0.1) is 32.6 Å². The number of hydrogen-bond acceptors (Lipinski definition) is 5. The van der Waals surface area contributed by atoms with Gasteiger partial charge in [0.15, 0.2) is 0 Å². The van der Waals surface area contributed by atoms with Crippen molar-refractivity contribution in [2.24, 2.45) is 17.6 Å². The molecule has 2 aliphatic rings. The summed E-state index contributed by atoms with van der Waals surface area (Å²) in [7, 11) is 0. The number of benzene rings is 1. The highest BCUT2D eigenvalue weighted by atomic mass is 35.5. The second kappa shape index (κ2) is 8.04. The van der Waals surface area contributed by atoms with Crippen LogP contribution in [-0.2, 0) is 4.79 Å². The number of hydrogen-bond donors (Lipinski definition) is 1. The quantitative estimate of drug-likeness (QED) is 0.787. The van der Waals surface area contributed by atoms with Gasteiger partial charge in [-0.1, -0.05) is 28.9 Å². The first kappa shape index (κ1) is 20.9. The Labute approximate surface area is 181 Å². The van der Waals surface area contributed by atoms with Gasteiger partial charge in [-0.3, -0.25) is 14.5 Å². The molecule has 0 saturated carbocycles. The fourth-order valence-electron chi connectivity index (χ4n) is 4.86. The van der Waals surface area contributed by atoms with E-state index in [4.69, 9.17) is 21.9 Å². The van der Waals surface area contributed by atoms with E-state index in [0.717, 1.165) is 24.2 Å². The van der Waals surface area contributed by atoms with Gasteiger partial charge in [0.25, 0.3) is 5.91 Å². The Balaban J connectivity index is 1.48. The standard InChI is InChI=1S/C22H27ClN4O3/c1-12-4-5-15(6-18(12)23)19(7-20(24)28)26-8-16-10-27(11-17(16)9-26)22(29)21-13(2)25-30-14(21)3/h4-6,16-17,19H,7-11H2,1-3H3,(H2,24,28). The number of carbonyl (C=O) groups excluding carboxylic acids is 2. The fourth-order valence-corrected chi connectivity index (χ4v) is 5.05. The van der Waals surface area contributed by atoms with E-state index >= 15 is 0 Å². The zero-order valence-corrected chi connectivity index (χ0v) is 18.3. The van der Waals surface area contributed by atoms with Gasteiger partial charge in [-0.2, -0.15) is 0 Å². The normalized spacial score (nSPS) is 22.3. The molecule has 1 aromatic carbocycles. The average Bonchev–Trinajstić information content (AvgIpc) is 3.35. The third-order valence-electron chi connectivity index (χ3n) is 6.46. The molecule has 2 aromatic rings. The van der Waals surface area contributed by atoms with E-state index in [1.165, 1.54) is 0 Å². The number of rotatable bonds is 5. The summed E-state index contributed by atoms with van der Waals surface area (Å²) in [4.78, 5) is 29.0. The van der Waals surface area contributed by atoms with Gasteiger partial charge in [-0.15, -0.1) is 0 Å². The van der Waals surface area contributed by atoms with Crippen molar-refractivity contribution in [1.29, 1.82) is 0 Å². The monoisotopic (exact) mass is 430 g/mol. The molecule has 0 radical (unpaired) electrons. The average molecular weight is 431 g/mol. The van der Waals surface area contributed by atoms with E-state index in [1.807, 2.05) is 30.0 Å². The fraction of sp³-hybridized carbons (Fsp3) is 0.500. The van der Waals surface area contributed by atoms with Gasteiger partial charge in [-0.05, 0) is 49.8 Å². The van der Waals surface area contributed by atoms with Crippen molar-refractivity contribution in [3.8, 4) is 0 Å². The van der Waals surface area contributed by atoms with E-state index in [2.05, 4.69) is 10.1 Å². The minimum absolute atomic E-state index is 0.00815. The first-order valence-electron chi connectivity index (χ1n) is 10.2. The maximum Gasteiger partial charge on any atom is 0.259 e. The molecule has 0 spiro atoms. The molecule has 30 heavy (non-hydrogen) atoms. The molecule has 2 saturated heterocycles. The van der Waals surface area contributed by atoms with Gasteiger partial charge in [-0.25, -0.2) is 0 Å². The molecular formula is C22H27ClN4O3. The predicted molar refractivity (Wildman–Crippen MR) is 113 cm³/mol. The number of nitrogens with two attached hydrogens (primary N) is 1. The lowest BCUT2D eigenvalue weighted by Gasteiger charge is -2.29. The highest BCUT2D eigenvalue weighted by Gasteiger charge is 2.44. The van der Waals surface area contributed by atoms with E-state index in [0.29, 0.717) is 47.0 Å². The lowest BCUT2D eigenvalue weighted by atomic mass is 10.0. The van der Waals surface area contributed by atoms with Gasteiger partial charge >= 0.3 is 0 Å². The van der Waals surface area contributed by atoms with Crippen LogP contribution in [0.1, 0.15) is 45.4 Å². The maximum atomic E-state index is 13.0. The zero-order chi connectivity index (χ0) is 21.6. The topological polar surface area (TPSA) is 92.7 Å². The van der Waals surface area contributed by atoms with Crippen molar-refractivity contribution in [3.63, 3.8) is 0 Å². The molecule has 3 heterocycles. The number of amides is 2. The van der Waals surface area contributed by atoms with Gasteiger partial charge < -0.3 is 15.2 Å². The number of halogens is 1. The number of aryl methyl sites for hydroxylation is 3. The molecule has 1 aromatic heterocycles. The van der Waals surface area contributed by atoms with E-state index in [-0.39, 0.29) is 24.3 Å². The number of nitrogens with zero attached hydrogens (tertiary/aromatic N) is 3. The van der Waals surface area contributed by atoms with Crippen LogP contribution in [0.25, 0.3) is 0 Å². The van der Waals surface area contributed by atoms with Gasteiger partial charge in [0.2, 0.25) is 5.91 Å². The summed E-state index contributed by atoms with van der Waals surface area (Å²) in [5.74, 6) is 0.959. The van der Waals surface area contributed by atoms with Crippen molar-refractivity contribution < 1.29 is 14.1 Å². The largest absolute Gasteiger partial charge is 0.370 e. The first-order chi connectivity index (χ1) is 14.2. The van der Waals surface area contributed by atoms with Gasteiger partial charge in [0.1, 0.15) is 11.3 Å². The van der Waals surface area contributed by atoms with Crippen LogP contribution in [0.2, 0.25) is 5.02 Å². The van der Waals surface area contributed by atoms with Gasteiger partial charge in [0.05, 0.1) is 5.69 Å². The summed E-state index contributed by atoms with van der Waals surface area (Å²) in [6.45, 7) is 8.56. The van der Waals surface area contributed by atoms with Crippen molar-refractivity contribution in [2.75, 3.05) is 26.2 Å². The van der Waals surface area contributed by atoms with E-state index < -0.39 is 0 Å².